The van der Waals surface area contributed by atoms with Crippen molar-refractivity contribution in [3.63, 3.8) is 0 Å². The average molecular weight is 855 g/mol. The van der Waals surface area contributed by atoms with Gasteiger partial charge >= 0.3 is 21.1 Å². The van der Waals surface area contributed by atoms with Gasteiger partial charge in [0.15, 0.2) is 0 Å². The molecule has 51 heavy (non-hydrogen) atoms. The van der Waals surface area contributed by atoms with E-state index in [0.717, 1.165) is 39.4 Å². The normalized spacial score (nSPS) is 18.2. The number of hydrogen-bond acceptors (Lipinski definition) is 5. The van der Waals surface area contributed by atoms with E-state index in [9.17, 15) is 0 Å². The minimum Gasteiger partial charge on any atom is -0.518 e. The van der Waals surface area contributed by atoms with Crippen LogP contribution in [0, 0.1) is 18.1 Å². The number of nitrogens with zero attached hydrogens (tertiary/aromatic N) is 3. The van der Waals surface area contributed by atoms with Crippen molar-refractivity contribution < 1.29 is 30.5 Å². The zero-order chi connectivity index (χ0) is 34.5. The van der Waals surface area contributed by atoms with Gasteiger partial charge < -0.3 is 14.4 Å². The predicted octanol–water partition coefficient (Wildman–Crippen LogP) is 11.3. The Morgan fingerprint density at radius 3 is 2.35 bits per heavy atom. The monoisotopic (exact) mass is 854 g/mol. The van der Waals surface area contributed by atoms with Gasteiger partial charge in [-0.3, -0.25) is 4.99 Å². The van der Waals surface area contributed by atoms with Crippen molar-refractivity contribution >= 4 is 23.1 Å². The van der Waals surface area contributed by atoms with E-state index in [1.54, 1.807) is 0 Å². The van der Waals surface area contributed by atoms with Crippen LogP contribution in [-0.2, 0) is 36.6 Å². The first kappa shape index (κ1) is 35.2. The van der Waals surface area contributed by atoms with E-state index >= 15 is 0 Å². The molecule has 5 aromatic rings. The molecule has 0 N–H and O–H groups in total. The maximum absolute atomic E-state index is 6.70. The molecule has 1 atom stereocenters. The molecule has 1 aromatic heterocycles. The summed E-state index contributed by atoms with van der Waals surface area (Å²) in [5.41, 5.74) is 8.33. The number of fused-ring (bicyclic) bond motifs is 2. The topological polar surface area (TPSA) is 47.0 Å². The fourth-order valence-electron chi connectivity index (χ4n) is 7.84. The molecule has 0 unspecified atom stereocenters. The first-order valence-corrected chi connectivity index (χ1v) is 18.1. The number of benzene rings is 4. The van der Waals surface area contributed by atoms with E-state index in [1.807, 2.05) is 24.4 Å². The van der Waals surface area contributed by atoms with Crippen LogP contribution in [-0.4, -0.2) is 23.5 Å². The minimum atomic E-state index is -0.252. The number of rotatable bonds is 6. The van der Waals surface area contributed by atoms with Crippen LogP contribution in [0.2, 0.25) is 0 Å². The Bertz CT molecular complexity index is 2060. The summed E-state index contributed by atoms with van der Waals surface area (Å²) in [5.74, 6) is 3.32. The molecule has 0 bridgehead atoms. The largest absolute Gasteiger partial charge is 2.00 e. The molecule has 5 nitrogen and oxygen atoms in total. The summed E-state index contributed by atoms with van der Waals surface area (Å²) in [6, 6.07) is 39.1. The van der Waals surface area contributed by atoms with Gasteiger partial charge in [0.1, 0.15) is 11.7 Å². The van der Waals surface area contributed by atoms with Crippen molar-refractivity contribution in [1.82, 2.24) is 4.98 Å². The smallest absolute Gasteiger partial charge is 0.518 e. The van der Waals surface area contributed by atoms with Crippen LogP contribution >= 0.6 is 0 Å². The zero-order valence-electron chi connectivity index (χ0n) is 30.1. The number of hydrogen-bond donors (Lipinski definition) is 0. The number of anilines is 3. The number of pyridine rings is 1. The molecule has 2 aliphatic heterocycles. The fraction of sp³-hybridized carbons (Fsp3) is 0.333. The Labute approximate surface area is 317 Å². The average Bonchev–Trinajstić information content (AvgIpc) is 3.63. The summed E-state index contributed by atoms with van der Waals surface area (Å²) >= 11 is 0. The Kier molecular flexibility index (Phi) is 9.71. The van der Waals surface area contributed by atoms with Gasteiger partial charge in [-0.25, -0.2) is 4.98 Å². The van der Waals surface area contributed by atoms with Gasteiger partial charge in [0.05, 0.1) is 12.6 Å². The SMILES string of the molecule is CC(C)(C)c1ccnc(N2c3[c-]c(Oc4[c-]c(C5=N[C@H](C6CCCCC6)CO5)cc(-c5ccccc5)c4)ccc3C(C)(C)c3ccccc32)c1.[Pt+2]. The Hall–Kier alpha value is -4.21. The number of aromatic nitrogens is 1. The van der Waals surface area contributed by atoms with E-state index in [-0.39, 0.29) is 37.9 Å². The first-order valence-electron chi connectivity index (χ1n) is 18.1. The molecule has 262 valence electrons. The van der Waals surface area contributed by atoms with Crippen LogP contribution in [0.25, 0.3) is 11.1 Å². The molecule has 1 saturated carbocycles. The van der Waals surface area contributed by atoms with Gasteiger partial charge in [0.2, 0.25) is 0 Å². The third kappa shape index (κ3) is 6.90. The molecule has 0 radical (unpaired) electrons. The predicted molar refractivity (Wildman–Crippen MR) is 202 cm³/mol. The van der Waals surface area contributed by atoms with E-state index in [0.29, 0.717) is 29.9 Å². The van der Waals surface area contributed by atoms with Crippen molar-refractivity contribution in [1.29, 1.82) is 0 Å². The van der Waals surface area contributed by atoms with Crippen molar-refractivity contribution in [3.05, 3.63) is 132 Å². The third-order valence-electron chi connectivity index (χ3n) is 10.7. The molecular formula is C45H45N3O2Pt. The van der Waals surface area contributed by atoms with Gasteiger partial charge in [-0.15, -0.1) is 23.8 Å². The summed E-state index contributed by atoms with van der Waals surface area (Å²) in [4.78, 5) is 12.3. The maximum Gasteiger partial charge on any atom is 2.00 e. The standard InChI is InChI=1S/C45H45N3O2.Pt/c1-44(2,3)34-22-23-46-42(27-34)48-40-19-13-12-18-37(40)45(4,5)38-21-20-35(28-41(38)48)50-36-25-32(30-14-8-6-9-15-30)24-33(26-36)43-47-39(29-49-43)31-16-10-7-11-17-31;/h6,8-9,12-15,18-25,27,31,39H,7,10-11,16-17,29H2,1-5H3;/q-2;+2/t39-;/m0./s1. The second kappa shape index (κ2) is 14.1. The molecule has 0 amide bonds. The Morgan fingerprint density at radius 1 is 0.804 bits per heavy atom. The van der Waals surface area contributed by atoms with Gasteiger partial charge in [-0.2, -0.15) is 6.07 Å². The van der Waals surface area contributed by atoms with Crippen LogP contribution in [0.1, 0.15) is 89.0 Å². The van der Waals surface area contributed by atoms with E-state index in [1.165, 1.54) is 43.2 Å². The van der Waals surface area contributed by atoms with Crippen molar-refractivity contribution in [2.75, 3.05) is 11.5 Å². The van der Waals surface area contributed by atoms with Gasteiger partial charge in [-0.05, 0) is 64.5 Å². The van der Waals surface area contributed by atoms with Gasteiger partial charge in [0, 0.05) is 23.4 Å². The molecule has 1 aliphatic carbocycles. The molecule has 0 saturated heterocycles. The number of para-hydroxylation sites is 1. The first-order chi connectivity index (χ1) is 24.1. The Morgan fingerprint density at radius 2 is 1.57 bits per heavy atom. The van der Waals surface area contributed by atoms with E-state index < -0.39 is 0 Å². The molecule has 4 aromatic carbocycles. The quantitative estimate of drug-likeness (QED) is 0.160. The van der Waals surface area contributed by atoms with Gasteiger partial charge in [0.25, 0.3) is 0 Å². The summed E-state index contributed by atoms with van der Waals surface area (Å²) in [6.45, 7) is 11.9. The van der Waals surface area contributed by atoms with Crippen molar-refractivity contribution in [3.8, 4) is 22.6 Å². The van der Waals surface area contributed by atoms with Crippen LogP contribution < -0.4 is 9.64 Å². The number of ether oxygens (including phenoxy) is 2. The van der Waals surface area contributed by atoms with Crippen LogP contribution in [0.4, 0.5) is 17.2 Å². The number of aliphatic imine (C=N–C) groups is 1. The summed E-state index contributed by atoms with van der Waals surface area (Å²) < 4.78 is 13.0. The second-order valence-corrected chi connectivity index (χ2v) is 15.5. The fourth-order valence-corrected chi connectivity index (χ4v) is 7.84. The summed E-state index contributed by atoms with van der Waals surface area (Å²) in [7, 11) is 0. The maximum atomic E-state index is 6.70. The van der Waals surface area contributed by atoms with Gasteiger partial charge in [-0.1, -0.05) is 131 Å². The van der Waals surface area contributed by atoms with Crippen molar-refractivity contribution in [2.45, 2.75) is 83.6 Å². The minimum absolute atomic E-state index is 0. The second-order valence-electron chi connectivity index (χ2n) is 15.5. The van der Waals surface area contributed by atoms with Crippen molar-refractivity contribution in [2.24, 2.45) is 10.9 Å². The molecular weight excluding hydrogens is 810 g/mol. The van der Waals surface area contributed by atoms with E-state index in [4.69, 9.17) is 19.5 Å². The molecule has 6 heteroatoms. The third-order valence-corrected chi connectivity index (χ3v) is 10.7. The zero-order valence-corrected chi connectivity index (χ0v) is 32.4. The summed E-state index contributed by atoms with van der Waals surface area (Å²) in [6.07, 6.45) is 8.28. The Balaban J connectivity index is 0.00000406. The summed E-state index contributed by atoms with van der Waals surface area (Å²) in [5, 5.41) is 0. The molecule has 3 aliphatic rings. The van der Waals surface area contributed by atoms with Crippen LogP contribution in [0.15, 0.2) is 102 Å². The molecule has 0 spiro atoms. The molecule has 1 fully saturated rings. The van der Waals surface area contributed by atoms with Crippen LogP contribution in [0.5, 0.6) is 11.5 Å². The van der Waals surface area contributed by atoms with E-state index in [2.05, 4.69) is 124 Å². The molecule has 8 rings (SSSR count). The molecule has 3 heterocycles. The van der Waals surface area contributed by atoms with Crippen LogP contribution in [0.3, 0.4) is 0 Å².